The molecule has 0 spiro atoms. The van der Waals surface area contributed by atoms with E-state index in [2.05, 4.69) is 57.2 Å². The van der Waals surface area contributed by atoms with Crippen LogP contribution in [-0.4, -0.2) is 82.4 Å². The van der Waals surface area contributed by atoms with Crippen LogP contribution in [0.5, 0.6) is 0 Å². The summed E-state index contributed by atoms with van der Waals surface area (Å²) in [5.74, 6) is 2.37. The molecule has 1 heterocycles. The lowest BCUT2D eigenvalue weighted by Gasteiger charge is -2.21. The molecule has 0 aliphatic rings. The second-order valence-corrected chi connectivity index (χ2v) is 13.4. The summed E-state index contributed by atoms with van der Waals surface area (Å²) in [4.78, 5) is 50.1. The summed E-state index contributed by atoms with van der Waals surface area (Å²) < 4.78 is 11.7. The van der Waals surface area contributed by atoms with Gasteiger partial charge in [0.1, 0.15) is 6.61 Å². The predicted octanol–water partition coefficient (Wildman–Crippen LogP) is 7.41. The smallest absolute Gasteiger partial charge is 0.305 e. The molecule has 0 radical (unpaired) electrons. The minimum Gasteiger partial charge on any atom is -0.466 e. The highest BCUT2D eigenvalue weighted by Gasteiger charge is 2.22. The van der Waals surface area contributed by atoms with Crippen LogP contribution in [0.3, 0.4) is 0 Å². The molecule has 0 aliphatic carbocycles. The third-order valence-electron chi connectivity index (χ3n) is 7.21. The van der Waals surface area contributed by atoms with Crippen molar-refractivity contribution in [1.82, 2.24) is 25.6 Å². The van der Waals surface area contributed by atoms with Crippen molar-refractivity contribution in [3.8, 4) is 12.3 Å². The van der Waals surface area contributed by atoms with Gasteiger partial charge >= 0.3 is 11.9 Å². The van der Waals surface area contributed by atoms with Gasteiger partial charge in [-0.05, 0) is 38.1 Å². The number of carbonyl (C=O) groups excluding carboxylic acids is 4. The van der Waals surface area contributed by atoms with Crippen molar-refractivity contribution in [2.24, 2.45) is 17.0 Å². The molecule has 0 bridgehead atoms. The molecule has 1 rings (SSSR count). The fraction of sp³-hybridized carbons (Fsp3) is 0.795. The van der Waals surface area contributed by atoms with Crippen LogP contribution in [0, 0.1) is 24.2 Å². The van der Waals surface area contributed by atoms with E-state index in [9.17, 15) is 19.2 Å². The molecule has 1 aromatic rings. The molecule has 14 nitrogen and oxygen atoms in total. The van der Waals surface area contributed by atoms with Crippen LogP contribution >= 0.6 is 0 Å². The lowest BCUT2D eigenvalue weighted by atomic mass is 9.96. The lowest BCUT2D eigenvalue weighted by Crippen LogP contribution is -2.42. The number of azide groups is 1. The average molecular weight is 749 g/mol. The molecular weight excluding hydrogens is 676 g/mol. The van der Waals surface area contributed by atoms with Gasteiger partial charge < -0.3 is 20.1 Å². The van der Waals surface area contributed by atoms with Crippen LogP contribution in [0.1, 0.15) is 140 Å². The Morgan fingerprint density at radius 2 is 1.23 bits per heavy atom. The Balaban J connectivity index is -0.000000843. The Hall–Kier alpha value is -3.79. The highest BCUT2D eigenvalue weighted by molar-refractivity contribution is 5.86. The Bertz CT molecular complexity index is 1160. The molecule has 2 atom stereocenters. The normalized spacial score (nSPS) is 11.4. The molecule has 2 unspecified atom stereocenters. The van der Waals surface area contributed by atoms with E-state index in [0.29, 0.717) is 26.0 Å². The van der Waals surface area contributed by atoms with Crippen LogP contribution in [0.2, 0.25) is 0 Å². The average Bonchev–Trinajstić information content (AvgIpc) is 3.63. The Morgan fingerprint density at radius 1 is 0.792 bits per heavy atom. The summed E-state index contributed by atoms with van der Waals surface area (Å²) in [6, 6.07) is 0.363. The number of hydrogen-bond acceptors (Lipinski definition) is 11. The molecule has 304 valence electrons. The van der Waals surface area contributed by atoms with E-state index in [4.69, 9.17) is 15.0 Å². The predicted molar refractivity (Wildman–Crippen MR) is 212 cm³/mol. The maximum Gasteiger partial charge on any atom is 0.305 e. The first-order valence-electron chi connectivity index (χ1n) is 19.3. The Morgan fingerprint density at radius 3 is 1.58 bits per heavy atom. The summed E-state index contributed by atoms with van der Waals surface area (Å²) in [6.07, 6.45) is 15.4. The number of hydrogen-bond donors (Lipinski definition) is 2. The van der Waals surface area contributed by atoms with Crippen LogP contribution in [-0.2, 0) is 35.2 Å². The van der Waals surface area contributed by atoms with E-state index >= 15 is 0 Å². The van der Waals surface area contributed by atoms with Crippen molar-refractivity contribution >= 4 is 23.5 Å². The van der Waals surface area contributed by atoms with Crippen molar-refractivity contribution in [3.63, 3.8) is 0 Å². The fourth-order valence-corrected chi connectivity index (χ4v) is 4.81. The van der Waals surface area contributed by atoms with Crippen LogP contribution in [0.25, 0.3) is 10.4 Å². The second kappa shape index (κ2) is 36.6. The van der Waals surface area contributed by atoms with Gasteiger partial charge in [-0.2, -0.15) is 0 Å². The van der Waals surface area contributed by atoms with E-state index < -0.39 is 0 Å². The van der Waals surface area contributed by atoms with Crippen molar-refractivity contribution in [2.45, 2.75) is 171 Å². The van der Waals surface area contributed by atoms with Gasteiger partial charge in [-0.3, -0.25) is 19.2 Å². The van der Waals surface area contributed by atoms with Crippen LogP contribution < -0.4 is 10.6 Å². The molecule has 0 aromatic carbocycles. The van der Waals surface area contributed by atoms with E-state index in [0.717, 1.165) is 51.4 Å². The zero-order valence-corrected chi connectivity index (χ0v) is 34.7. The number of unbranched alkanes of at least 4 members (excludes halogenated alkanes) is 4. The van der Waals surface area contributed by atoms with Gasteiger partial charge in [0, 0.05) is 47.9 Å². The minimum atomic E-state index is -0.270. The number of ketones is 2. The van der Waals surface area contributed by atoms with E-state index in [1.54, 1.807) is 24.0 Å². The molecule has 0 saturated heterocycles. The van der Waals surface area contributed by atoms with Crippen molar-refractivity contribution < 1.29 is 28.7 Å². The second-order valence-electron chi connectivity index (χ2n) is 13.4. The Kier molecular flexibility index (Phi) is 37.0. The maximum atomic E-state index is 12.2. The molecule has 1 aromatic heterocycles. The molecule has 0 amide bonds. The van der Waals surface area contributed by atoms with E-state index in [1.807, 2.05) is 55.4 Å². The van der Waals surface area contributed by atoms with Gasteiger partial charge in [0.2, 0.25) is 0 Å². The van der Waals surface area contributed by atoms with Gasteiger partial charge in [-0.15, -0.1) is 17.4 Å². The number of Topliss-reactive ketones (excluding diaryl/α,β-unsaturated/α-hetero) is 2. The molecule has 53 heavy (non-hydrogen) atoms. The first-order chi connectivity index (χ1) is 25.2. The zero-order valence-electron chi connectivity index (χ0n) is 34.7. The van der Waals surface area contributed by atoms with Gasteiger partial charge in [-0.25, -0.2) is 4.68 Å². The SMILES string of the molecule is C#CC.CC.CC(C)NC(CCCCCC(=O)OCCN=[N+]=[N-])C(=O)C(C)C.CC(C)NC(CCCCCC(=O)OCCn1ccnn1)C(=O)C(C)C. The van der Waals surface area contributed by atoms with E-state index in [-0.39, 0.29) is 72.7 Å². The number of aromatic nitrogens is 3. The van der Waals surface area contributed by atoms with Gasteiger partial charge in [0.05, 0.1) is 38.0 Å². The number of rotatable bonds is 26. The third-order valence-corrected chi connectivity index (χ3v) is 7.21. The molecule has 0 fully saturated rings. The summed E-state index contributed by atoms with van der Waals surface area (Å²) >= 11 is 0. The molecule has 0 saturated carbocycles. The number of nitrogens with one attached hydrogen (secondary N) is 2. The number of nitrogens with zero attached hydrogens (tertiary/aromatic N) is 6. The summed E-state index contributed by atoms with van der Waals surface area (Å²) in [7, 11) is 0. The fourth-order valence-electron chi connectivity index (χ4n) is 4.81. The first kappa shape index (κ1) is 53.6. The number of esters is 2. The molecular formula is C39H72N8O6. The monoisotopic (exact) mass is 749 g/mol. The quantitative estimate of drug-likeness (QED) is 0.0241. The standard InChI is InChI=1S/C18H32N4O3.C16H30N4O3.C3H4.C2H6/c1-14(2)18(24)16(20-15(3)4)8-6-5-7-9-17(23)25-13-12-22-11-10-19-21-22;1-12(2)16(22)14(19-13(3)4)8-6-5-7-9-15(21)23-11-10-18-20-17;1-3-2;1-2/h10-11,14-16,20H,5-9,12-13H2,1-4H3;12-14,19H,5-11H2,1-4H3;1H,2H3;1-2H3. The van der Waals surface area contributed by atoms with Crippen LogP contribution in [0.4, 0.5) is 0 Å². The van der Waals surface area contributed by atoms with Gasteiger partial charge in [0.15, 0.2) is 11.6 Å². The third kappa shape index (κ3) is 33.8. The highest BCUT2D eigenvalue weighted by Crippen LogP contribution is 2.13. The number of carbonyl (C=O) groups is 4. The van der Waals surface area contributed by atoms with Gasteiger partial charge in [-0.1, -0.05) is 105 Å². The maximum absolute atomic E-state index is 12.2. The number of terminal acetylenes is 1. The minimum absolute atomic E-state index is 0.0253. The highest BCUT2D eigenvalue weighted by atomic mass is 16.5. The topological polar surface area (TPSA) is 190 Å². The Labute approximate surface area is 320 Å². The van der Waals surface area contributed by atoms with Gasteiger partial charge in [0.25, 0.3) is 0 Å². The van der Waals surface area contributed by atoms with Crippen molar-refractivity contribution in [3.05, 3.63) is 22.8 Å². The number of ether oxygens (including phenoxy) is 2. The summed E-state index contributed by atoms with van der Waals surface area (Å²) in [5, 5.41) is 17.5. The molecule has 14 heteroatoms. The van der Waals surface area contributed by atoms with Crippen LogP contribution in [0.15, 0.2) is 17.5 Å². The lowest BCUT2D eigenvalue weighted by molar-refractivity contribution is -0.144. The van der Waals surface area contributed by atoms with E-state index in [1.165, 1.54) is 0 Å². The summed E-state index contributed by atoms with van der Waals surface area (Å²) in [5.41, 5.74) is 8.09. The van der Waals surface area contributed by atoms with Crippen molar-refractivity contribution in [1.29, 1.82) is 0 Å². The largest absolute Gasteiger partial charge is 0.466 e. The van der Waals surface area contributed by atoms with Crippen molar-refractivity contribution in [2.75, 3.05) is 19.8 Å². The zero-order chi connectivity index (χ0) is 41.0. The molecule has 2 N–H and O–H groups in total. The summed E-state index contributed by atoms with van der Waals surface area (Å²) in [6.45, 7) is 22.7. The molecule has 0 aliphatic heterocycles. The first-order valence-corrected chi connectivity index (χ1v) is 19.3.